The Morgan fingerprint density at radius 1 is 1.44 bits per heavy atom. The summed E-state index contributed by atoms with van der Waals surface area (Å²) in [5.41, 5.74) is 11.2. The number of aromatic nitrogens is 1. The lowest BCUT2D eigenvalue weighted by molar-refractivity contribution is 1.26. The van der Waals surface area contributed by atoms with Crippen LogP contribution in [0.1, 0.15) is 0 Å². The number of hydrogen-bond acceptors (Lipinski definition) is 4. The molecular formula is C5H7N3S. The Labute approximate surface area is 58.5 Å². The van der Waals surface area contributed by atoms with Gasteiger partial charge in [-0.3, -0.25) is 0 Å². The molecule has 0 saturated heterocycles. The largest absolute Gasteiger partial charge is 0.396 e. The summed E-state index contributed by atoms with van der Waals surface area (Å²) in [6.07, 6.45) is 1.55. The van der Waals surface area contributed by atoms with E-state index in [1.807, 2.05) is 0 Å². The molecule has 4 heteroatoms. The van der Waals surface area contributed by atoms with Crippen LogP contribution in [0.4, 0.5) is 11.5 Å². The van der Waals surface area contributed by atoms with E-state index >= 15 is 0 Å². The highest BCUT2D eigenvalue weighted by Crippen LogP contribution is 2.14. The topological polar surface area (TPSA) is 64.9 Å². The van der Waals surface area contributed by atoms with Crippen molar-refractivity contribution in [3.05, 3.63) is 12.3 Å². The average Bonchev–Trinajstić information content (AvgIpc) is 1.80. The molecule has 0 amide bonds. The fourth-order valence-corrected chi connectivity index (χ4v) is 0.678. The van der Waals surface area contributed by atoms with Gasteiger partial charge in [-0.05, 0) is 6.07 Å². The Morgan fingerprint density at radius 3 is 2.56 bits per heavy atom. The zero-order valence-electron chi connectivity index (χ0n) is 4.70. The van der Waals surface area contributed by atoms with Crippen LogP contribution in [0.5, 0.6) is 0 Å². The lowest BCUT2D eigenvalue weighted by atomic mass is 10.4. The third-order valence-corrected chi connectivity index (χ3v) is 1.18. The zero-order chi connectivity index (χ0) is 6.85. The summed E-state index contributed by atoms with van der Waals surface area (Å²) in [7, 11) is 0. The SMILES string of the molecule is Nc1cc(S)cnc1N. The smallest absolute Gasteiger partial charge is 0.146 e. The van der Waals surface area contributed by atoms with Crippen molar-refractivity contribution in [2.45, 2.75) is 4.90 Å². The Kier molecular flexibility index (Phi) is 1.48. The molecule has 3 nitrogen and oxygen atoms in total. The number of anilines is 2. The first-order valence-corrected chi connectivity index (χ1v) is 2.85. The molecule has 1 aromatic heterocycles. The first-order valence-electron chi connectivity index (χ1n) is 2.40. The number of nitrogen functional groups attached to an aromatic ring is 2. The van der Waals surface area contributed by atoms with Gasteiger partial charge in [0.25, 0.3) is 0 Å². The molecule has 0 bridgehead atoms. The molecule has 0 spiro atoms. The van der Waals surface area contributed by atoms with E-state index in [2.05, 4.69) is 17.6 Å². The summed E-state index contributed by atoms with van der Waals surface area (Å²) in [5, 5.41) is 0. The van der Waals surface area contributed by atoms with E-state index in [9.17, 15) is 0 Å². The Hall–Kier alpha value is -0.900. The Balaban J connectivity index is 3.17. The molecule has 0 aliphatic carbocycles. The van der Waals surface area contributed by atoms with Crippen molar-refractivity contribution in [2.24, 2.45) is 0 Å². The number of pyridine rings is 1. The summed E-state index contributed by atoms with van der Waals surface area (Å²) in [4.78, 5) is 4.48. The quantitative estimate of drug-likeness (QED) is 0.462. The molecule has 0 atom stereocenters. The maximum atomic E-state index is 5.38. The van der Waals surface area contributed by atoms with E-state index in [0.717, 1.165) is 4.90 Å². The summed E-state index contributed by atoms with van der Waals surface area (Å²) >= 11 is 4.00. The van der Waals surface area contributed by atoms with Crippen molar-refractivity contribution in [1.82, 2.24) is 4.98 Å². The van der Waals surface area contributed by atoms with Gasteiger partial charge in [0.15, 0.2) is 0 Å². The van der Waals surface area contributed by atoms with E-state index in [1.54, 1.807) is 12.3 Å². The first-order chi connectivity index (χ1) is 4.20. The monoisotopic (exact) mass is 141 g/mol. The van der Waals surface area contributed by atoms with E-state index in [-0.39, 0.29) is 0 Å². The van der Waals surface area contributed by atoms with Crippen LogP contribution in [-0.4, -0.2) is 4.98 Å². The van der Waals surface area contributed by atoms with Crippen LogP contribution < -0.4 is 11.5 Å². The number of hydrogen-bond donors (Lipinski definition) is 3. The standard InChI is InChI=1S/C5H7N3S/c6-4-1-3(9)2-8-5(4)7/h1-2,9H,6H2,(H2,7,8). The third kappa shape index (κ3) is 1.26. The Morgan fingerprint density at radius 2 is 2.11 bits per heavy atom. The molecule has 1 aromatic rings. The molecule has 1 rings (SSSR count). The lowest BCUT2D eigenvalue weighted by Gasteiger charge is -1.96. The molecule has 0 aromatic carbocycles. The van der Waals surface area contributed by atoms with Gasteiger partial charge in [0.1, 0.15) is 5.82 Å². The van der Waals surface area contributed by atoms with Crippen molar-refractivity contribution in [1.29, 1.82) is 0 Å². The van der Waals surface area contributed by atoms with Crippen molar-refractivity contribution in [2.75, 3.05) is 11.5 Å². The minimum absolute atomic E-state index is 0.354. The fraction of sp³-hybridized carbons (Fsp3) is 0. The fourth-order valence-electron chi connectivity index (χ4n) is 0.481. The maximum Gasteiger partial charge on any atom is 0.146 e. The van der Waals surface area contributed by atoms with Gasteiger partial charge in [0.05, 0.1) is 5.69 Å². The number of thiol groups is 1. The minimum atomic E-state index is 0.354. The average molecular weight is 141 g/mol. The number of nitrogens with two attached hydrogens (primary N) is 2. The molecule has 0 saturated carbocycles. The van der Waals surface area contributed by atoms with E-state index in [1.165, 1.54) is 0 Å². The molecule has 0 aliphatic rings. The minimum Gasteiger partial charge on any atom is -0.396 e. The maximum absolute atomic E-state index is 5.38. The third-order valence-electron chi connectivity index (χ3n) is 0.935. The molecule has 9 heavy (non-hydrogen) atoms. The normalized spacial score (nSPS) is 9.44. The summed E-state index contributed by atoms with van der Waals surface area (Å²) in [6, 6.07) is 1.66. The van der Waals surface area contributed by atoms with Gasteiger partial charge >= 0.3 is 0 Å². The predicted octanol–water partition coefficient (Wildman–Crippen LogP) is 0.535. The van der Waals surface area contributed by atoms with Crippen LogP contribution in [0, 0.1) is 0 Å². The van der Waals surface area contributed by atoms with E-state index in [0.29, 0.717) is 11.5 Å². The summed E-state index contributed by atoms with van der Waals surface area (Å²) in [5.74, 6) is 0.354. The highest BCUT2D eigenvalue weighted by atomic mass is 32.1. The van der Waals surface area contributed by atoms with Crippen molar-refractivity contribution >= 4 is 24.1 Å². The molecule has 48 valence electrons. The molecular weight excluding hydrogens is 134 g/mol. The van der Waals surface area contributed by atoms with Crippen LogP contribution in [0.2, 0.25) is 0 Å². The molecule has 1 heterocycles. The highest BCUT2D eigenvalue weighted by Gasteiger charge is 1.92. The van der Waals surface area contributed by atoms with E-state index < -0.39 is 0 Å². The van der Waals surface area contributed by atoms with Gasteiger partial charge in [-0.2, -0.15) is 0 Å². The first kappa shape index (κ1) is 6.22. The molecule has 0 unspecified atom stereocenters. The van der Waals surface area contributed by atoms with E-state index in [4.69, 9.17) is 11.5 Å². The van der Waals surface area contributed by atoms with Crippen molar-refractivity contribution in [3.63, 3.8) is 0 Å². The van der Waals surface area contributed by atoms with Crippen LogP contribution in [0.3, 0.4) is 0 Å². The van der Waals surface area contributed by atoms with Gasteiger partial charge in [0, 0.05) is 11.1 Å². The highest BCUT2D eigenvalue weighted by molar-refractivity contribution is 7.80. The van der Waals surface area contributed by atoms with Crippen LogP contribution >= 0.6 is 12.6 Å². The molecule has 0 aliphatic heterocycles. The number of rotatable bonds is 0. The van der Waals surface area contributed by atoms with Crippen LogP contribution in [-0.2, 0) is 0 Å². The molecule has 4 N–H and O–H groups in total. The lowest BCUT2D eigenvalue weighted by Crippen LogP contribution is -1.96. The summed E-state index contributed by atoms with van der Waals surface area (Å²) in [6.45, 7) is 0. The van der Waals surface area contributed by atoms with Gasteiger partial charge in [0.2, 0.25) is 0 Å². The van der Waals surface area contributed by atoms with Gasteiger partial charge in [-0.1, -0.05) is 0 Å². The van der Waals surface area contributed by atoms with Crippen molar-refractivity contribution < 1.29 is 0 Å². The van der Waals surface area contributed by atoms with Crippen LogP contribution in [0.25, 0.3) is 0 Å². The second-order valence-corrected chi connectivity index (χ2v) is 2.18. The second-order valence-electron chi connectivity index (χ2n) is 1.67. The zero-order valence-corrected chi connectivity index (χ0v) is 5.60. The van der Waals surface area contributed by atoms with Crippen molar-refractivity contribution in [3.8, 4) is 0 Å². The van der Waals surface area contributed by atoms with Gasteiger partial charge < -0.3 is 11.5 Å². The molecule has 0 radical (unpaired) electrons. The molecule has 0 fully saturated rings. The van der Waals surface area contributed by atoms with Crippen LogP contribution in [0.15, 0.2) is 17.2 Å². The number of nitrogens with zero attached hydrogens (tertiary/aromatic N) is 1. The predicted molar refractivity (Wildman–Crippen MR) is 40.3 cm³/mol. The van der Waals surface area contributed by atoms with Gasteiger partial charge in [-0.15, -0.1) is 12.6 Å². The second kappa shape index (κ2) is 2.14. The Bertz CT molecular complexity index is 223. The summed E-state index contributed by atoms with van der Waals surface area (Å²) < 4.78 is 0. The van der Waals surface area contributed by atoms with Gasteiger partial charge in [-0.25, -0.2) is 4.98 Å².